The zero-order valence-corrected chi connectivity index (χ0v) is 13.1. The Kier molecular flexibility index (Phi) is 6.49. The van der Waals surface area contributed by atoms with E-state index in [0.29, 0.717) is 0 Å². The van der Waals surface area contributed by atoms with Gasteiger partial charge in [-0.1, -0.05) is 18.2 Å². The third kappa shape index (κ3) is 3.41. The fraction of sp³-hybridized carbons (Fsp3) is 0.385. The van der Waals surface area contributed by atoms with Gasteiger partial charge in [0.1, 0.15) is 5.75 Å². The maximum Gasteiger partial charge on any atom is 2.00 e. The van der Waals surface area contributed by atoms with E-state index in [1.54, 1.807) is 6.20 Å². The normalized spacial score (nSPS) is 18.8. The molecule has 1 unspecified atom stereocenters. The van der Waals surface area contributed by atoms with Gasteiger partial charge in [-0.3, -0.25) is 0 Å². The van der Waals surface area contributed by atoms with Gasteiger partial charge in [0.2, 0.25) is 0 Å². The first kappa shape index (κ1) is 15.8. The number of fused-ring (bicyclic) bond motifs is 1. The number of benzene rings is 1. The number of rotatable bonds is 2. The minimum absolute atomic E-state index is 0. The summed E-state index contributed by atoms with van der Waals surface area (Å²) in [5, 5.41) is 1.07. The van der Waals surface area contributed by atoms with Crippen molar-refractivity contribution in [3.05, 3.63) is 30.5 Å². The van der Waals surface area contributed by atoms with Crippen LogP contribution >= 0.6 is 0 Å². The molecule has 1 fully saturated rings. The Balaban J connectivity index is 0.000000810. The van der Waals surface area contributed by atoms with Crippen LogP contribution in [-0.4, -0.2) is 35.9 Å². The van der Waals surface area contributed by atoms with Crippen molar-refractivity contribution >= 4 is 34.0 Å². The quantitative estimate of drug-likeness (QED) is 0.688. The summed E-state index contributed by atoms with van der Waals surface area (Å²) < 4.78 is 11.4. The summed E-state index contributed by atoms with van der Waals surface area (Å²) in [6.45, 7) is 0.805. The molecule has 3 nitrogen and oxygen atoms in total. The molecule has 0 spiro atoms. The van der Waals surface area contributed by atoms with Gasteiger partial charge in [-0.05, 0) is 18.9 Å². The molecule has 1 aromatic heterocycles. The van der Waals surface area contributed by atoms with E-state index in [4.69, 9.17) is 9.47 Å². The first-order valence-electron chi connectivity index (χ1n) is 5.72. The second-order valence-electron chi connectivity index (χ2n) is 4.05. The van der Waals surface area contributed by atoms with E-state index in [-0.39, 0.29) is 46.3 Å². The zero-order chi connectivity index (χ0) is 10.8. The van der Waals surface area contributed by atoms with Crippen LogP contribution in [0.3, 0.4) is 0 Å². The Bertz CT molecular complexity index is 483. The molecule has 18 heavy (non-hydrogen) atoms. The Morgan fingerprint density at radius 2 is 2.11 bits per heavy atom. The Labute approximate surface area is 133 Å². The molecule has 0 amide bonds. The Morgan fingerprint density at radius 1 is 1.22 bits per heavy atom. The molecular formula is C13H14BrMgNO2. The van der Waals surface area contributed by atoms with Gasteiger partial charge in [0, 0.05) is 11.8 Å². The summed E-state index contributed by atoms with van der Waals surface area (Å²) in [6, 6.07) is 7.91. The molecule has 2 aromatic rings. The summed E-state index contributed by atoms with van der Waals surface area (Å²) in [4.78, 5) is 4.25. The number of hydrogen-bond acceptors (Lipinski definition) is 2. The molecule has 0 aliphatic carbocycles. The second-order valence-corrected chi connectivity index (χ2v) is 4.05. The summed E-state index contributed by atoms with van der Waals surface area (Å²) in [6.07, 6.45) is 5.01. The molecule has 2 heterocycles. The fourth-order valence-electron chi connectivity index (χ4n) is 2.05. The number of nitrogens with zero attached hydrogens (tertiary/aromatic N) is 1. The van der Waals surface area contributed by atoms with E-state index in [9.17, 15) is 0 Å². The van der Waals surface area contributed by atoms with Crippen LogP contribution < -0.4 is 26.7 Å². The maximum atomic E-state index is 5.86. The molecule has 1 aliphatic heterocycles. The van der Waals surface area contributed by atoms with Crippen LogP contribution in [0.4, 0.5) is 0 Å². The molecule has 92 valence electrons. The summed E-state index contributed by atoms with van der Waals surface area (Å²) in [5.41, 5.74) is 0.980. The van der Waals surface area contributed by atoms with Gasteiger partial charge < -0.3 is 31.4 Å². The van der Waals surface area contributed by atoms with E-state index < -0.39 is 0 Å². The first-order chi connectivity index (χ1) is 7.93. The van der Waals surface area contributed by atoms with Crippen LogP contribution in [0, 0.1) is 0 Å². The van der Waals surface area contributed by atoms with Gasteiger partial charge in [-0.15, -0.1) is 5.52 Å². The third-order valence-electron chi connectivity index (χ3n) is 2.89. The molecule has 1 aliphatic rings. The van der Waals surface area contributed by atoms with Gasteiger partial charge in [0.05, 0.1) is 6.61 Å². The summed E-state index contributed by atoms with van der Waals surface area (Å²) in [7, 11) is 0. The number of aromatic nitrogens is 1. The predicted octanol–water partition coefficient (Wildman–Crippen LogP) is -0.674. The van der Waals surface area contributed by atoms with E-state index in [0.717, 1.165) is 36.1 Å². The first-order valence-corrected chi connectivity index (χ1v) is 5.72. The Hall–Kier alpha value is -0.234. The predicted molar refractivity (Wildman–Crippen MR) is 67.2 cm³/mol. The summed E-state index contributed by atoms with van der Waals surface area (Å²) in [5.74, 6) is 0.877. The summed E-state index contributed by atoms with van der Waals surface area (Å²) >= 11 is 0. The van der Waals surface area contributed by atoms with Crippen molar-refractivity contribution in [2.75, 3.05) is 6.61 Å². The molecule has 1 saturated heterocycles. The molecule has 3 rings (SSSR count). The average Bonchev–Trinajstić information content (AvgIpc) is 2.80. The molecule has 0 N–H and O–H groups in total. The zero-order valence-electron chi connectivity index (χ0n) is 10.1. The maximum absolute atomic E-state index is 5.86. The number of hydrogen-bond donors (Lipinski definition) is 0. The van der Waals surface area contributed by atoms with Crippen LogP contribution in [-0.2, 0) is 4.74 Å². The van der Waals surface area contributed by atoms with Crippen LogP contribution in [0.25, 0.3) is 10.9 Å². The second kappa shape index (κ2) is 7.38. The minimum atomic E-state index is -0.0887. The van der Waals surface area contributed by atoms with Crippen molar-refractivity contribution in [3.8, 4) is 5.75 Å². The van der Waals surface area contributed by atoms with Gasteiger partial charge in [0.15, 0.2) is 6.29 Å². The van der Waals surface area contributed by atoms with Gasteiger partial charge in [-0.2, -0.15) is 6.20 Å². The van der Waals surface area contributed by atoms with E-state index in [2.05, 4.69) is 4.98 Å². The van der Waals surface area contributed by atoms with Crippen LogP contribution in [0.5, 0.6) is 5.75 Å². The van der Waals surface area contributed by atoms with Crippen LogP contribution in [0.1, 0.15) is 19.3 Å². The van der Waals surface area contributed by atoms with E-state index >= 15 is 0 Å². The molecule has 0 saturated carbocycles. The minimum Gasteiger partial charge on any atom is -1.00 e. The SMILES string of the molecule is [Br-].[Mg+2].c1cc(OC2CCCCO2)c2cc[n-]c2c1. The van der Waals surface area contributed by atoms with Crippen molar-refractivity contribution in [3.63, 3.8) is 0 Å². The topological polar surface area (TPSA) is 32.6 Å². The van der Waals surface area contributed by atoms with E-state index in [1.807, 2.05) is 24.3 Å². The van der Waals surface area contributed by atoms with Crippen molar-refractivity contribution in [1.82, 2.24) is 4.98 Å². The van der Waals surface area contributed by atoms with Crippen LogP contribution in [0.15, 0.2) is 30.5 Å². The molecule has 0 radical (unpaired) electrons. The average molecular weight is 320 g/mol. The molecule has 0 bridgehead atoms. The smallest absolute Gasteiger partial charge is 1.00 e. The fourth-order valence-corrected chi connectivity index (χ4v) is 2.05. The van der Waals surface area contributed by atoms with E-state index in [1.165, 1.54) is 6.42 Å². The monoisotopic (exact) mass is 319 g/mol. The van der Waals surface area contributed by atoms with Crippen LogP contribution in [0.2, 0.25) is 0 Å². The van der Waals surface area contributed by atoms with Crippen molar-refractivity contribution in [2.24, 2.45) is 0 Å². The molecule has 5 heteroatoms. The van der Waals surface area contributed by atoms with Gasteiger partial charge in [-0.25, -0.2) is 0 Å². The van der Waals surface area contributed by atoms with Crippen molar-refractivity contribution in [2.45, 2.75) is 25.6 Å². The number of halogens is 1. The third-order valence-corrected chi connectivity index (χ3v) is 2.89. The molecular weight excluding hydrogens is 306 g/mol. The van der Waals surface area contributed by atoms with Gasteiger partial charge in [0.25, 0.3) is 0 Å². The standard InChI is InChI=1S/C13H14NO2.BrH.Mg/c1-2-9-15-13(6-1)16-12-5-3-4-11-10(12)7-8-14-11;;/h3-5,7-8,13H,1-2,6,9H2;1H;/q-1;;+2/p-1. The molecule has 1 aromatic carbocycles. The van der Waals surface area contributed by atoms with Crippen molar-refractivity contribution < 1.29 is 26.5 Å². The number of ether oxygens (including phenoxy) is 2. The van der Waals surface area contributed by atoms with Gasteiger partial charge >= 0.3 is 23.1 Å². The largest absolute Gasteiger partial charge is 2.00 e. The molecule has 1 atom stereocenters. The Morgan fingerprint density at radius 3 is 2.89 bits per heavy atom. The van der Waals surface area contributed by atoms with Crippen molar-refractivity contribution in [1.29, 1.82) is 0 Å².